The van der Waals surface area contributed by atoms with Crippen LogP contribution in [0.5, 0.6) is 0 Å². The molecule has 0 bridgehead atoms. The van der Waals surface area contributed by atoms with Crippen LogP contribution in [-0.4, -0.2) is 6.26 Å². The first-order valence-electron chi connectivity index (χ1n) is 5.33. The van der Waals surface area contributed by atoms with Crippen molar-refractivity contribution < 1.29 is 0 Å². The van der Waals surface area contributed by atoms with Crippen molar-refractivity contribution in [2.24, 2.45) is 0 Å². The van der Waals surface area contributed by atoms with E-state index >= 15 is 0 Å². The highest BCUT2D eigenvalue weighted by Gasteiger charge is 2.01. The van der Waals surface area contributed by atoms with E-state index in [1.807, 2.05) is 30.5 Å². The van der Waals surface area contributed by atoms with Crippen LogP contribution < -0.4 is 5.32 Å². The van der Waals surface area contributed by atoms with Crippen molar-refractivity contribution in [2.75, 3.05) is 11.6 Å². The topological polar surface area (TPSA) is 35.8 Å². The van der Waals surface area contributed by atoms with Gasteiger partial charge in [-0.2, -0.15) is 5.26 Å². The molecule has 0 fully saturated rings. The quantitative estimate of drug-likeness (QED) is 0.826. The molecule has 2 aromatic carbocycles. The molecule has 1 N–H and O–H groups in total. The molecule has 4 heteroatoms. The summed E-state index contributed by atoms with van der Waals surface area (Å²) in [5.41, 5.74) is 2.35. The van der Waals surface area contributed by atoms with Crippen LogP contribution in [-0.2, 0) is 0 Å². The molecule has 0 spiro atoms. The van der Waals surface area contributed by atoms with E-state index in [0.717, 1.165) is 11.4 Å². The van der Waals surface area contributed by atoms with E-state index in [9.17, 15) is 0 Å². The molecule has 0 heterocycles. The Bertz CT molecular complexity index is 588. The lowest BCUT2D eigenvalue weighted by atomic mass is 10.2. The molecule has 2 rings (SSSR count). The molecule has 0 aliphatic rings. The maximum atomic E-state index is 8.80. The van der Waals surface area contributed by atoms with Crippen molar-refractivity contribution in [3.05, 3.63) is 53.1 Å². The lowest BCUT2D eigenvalue weighted by Gasteiger charge is -2.07. The molecule has 2 nitrogen and oxygen atoms in total. The average Bonchev–Trinajstić information content (AvgIpc) is 2.40. The fourth-order valence-electron chi connectivity index (χ4n) is 1.52. The van der Waals surface area contributed by atoms with Crippen molar-refractivity contribution in [1.29, 1.82) is 5.26 Å². The van der Waals surface area contributed by atoms with Gasteiger partial charge < -0.3 is 5.32 Å². The van der Waals surface area contributed by atoms with Gasteiger partial charge in [-0.1, -0.05) is 11.6 Å². The summed E-state index contributed by atoms with van der Waals surface area (Å²) >= 11 is 7.68. The zero-order chi connectivity index (χ0) is 13.0. The fraction of sp³-hybridized carbons (Fsp3) is 0.0714. The van der Waals surface area contributed by atoms with Gasteiger partial charge in [-0.3, -0.25) is 0 Å². The van der Waals surface area contributed by atoms with Crippen molar-refractivity contribution >= 4 is 34.7 Å². The average molecular weight is 275 g/mol. The summed E-state index contributed by atoms with van der Waals surface area (Å²) < 4.78 is 0. The van der Waals surface area contributed by atoms with E-state index < -0.39 is 0 Å². The number of benzene rings is 2. The molecule has 0 radical (unpaired) electrons. The van der Waals surface area contributed by atoms with Crippen LogP contribution in [0.1, 0.15) is 5.56 Å². The Labute approximate surface area is 116 Å². The molecule has 0 saturated carbocycles. The minimum absolute atomic E-state index is 0.461. The minimum Gasteiger partial charge on any atom is -0.355 e. The predicted octanol–water partition coefficient (Wildman–Crippen LogP) is 4.68. The molecular formula is C14H11ClN2S. The van der Waals surface area contributed by atoms with Gasteiger partial charge in [0.15, 0.2) is 0 Å². The molecule has 0 unspecified atom stereocenters. The van der Waals surface area contributed by atoms with E-state index in [-0.39, 0.29) is 0 Å². The predicted molar refractivity (Wildman–Crippen MR) is 77.7 cm³/mol. The van der Waals surface area contributed by atoms with E-state index in [1.165, 1.54) is 4.90 Å². The molecule has 18 heavy (non-hydrogen) atoms. The molecule has 0 saturated heterocycles. The first-order valence-corrected chi connectivity index (χ1v) is 6.94. The molecule has 0 atom stereocenters. The third-order valence-corrected chi connectivity index (χ3v) is 3.52. The second-order valence-corrected chi connectivity index (χ2v) is 4.95. The van der Waals surface area contributed by atoms with E-state index in [1.54, 1.807) is 23.9 Å². The maximum absolute atomic E-state index is 8.80. The summed E-state index contributed by atoms with van der Waals surface area (Å²) in [6, 6.07) is 15.5. The standard InChI is InChI=1S/C14H11ClN2S/c1-18-13-6-4-11(5-7-13)17-12-3-2-10(9-16)14(15)8-12/h2-8,17H,1H3. The van der Waals surface area contributed by atoms with Gasteiger partial charge in [0.1, 0.15) is 6.07 Å². The lowest BCUT2D eigenvalue weighted by molar-refractivity contribution is 1.44. The van der Waals surface area contributed by atoms with Gasteiger partial charge in [0.05, 0.1) is 10.6 Å². The van der Waals surface area contributed by atoms with Crippen LogP contribution in [0.2, 0.25) is 5.02 Å². The van der Waals surface area contributed by atoms with E-state index in [0.29, 0.717) is 10.6 Å². The lowest BCUT2D eigenvalue weighted by Crippen LogP contribution is -1.90. The van der Waals surface area contributed by atoms with Gasteiger partial charge in [-0.05, 0) is 48.7 Å². The van der Waals surface area contributed by atoms with Gasteiger partial charge in [0.25, 0.3) is 0 Å². The number of thioether (sulfide) groups is 1. The molecule has 0 amide bonds. The Hall–Kier alpha value is -1.63. The van der Waals surface area contributed by atoms with Gasteiger partial charge in [-0.25, -0.2) is 0 Å². The third kappa shape index (κ3) is 2.98. The highest BCUT2D eigenvalue weighted by molar-refractivity contribution is 7.98. The van der Waals surface area contributed by atoms with Gasteiger partial charge in [-0.15, -0.1) is 11.8 Å². The molecule has 0 aliphatic heterocycles. The minimum atomic E-state index is 0.461. The number of nitriles is 1. The van der Waals surface area contributed by atoms with E-state index in [4.69, 9.17) is 16.9 Å². The maximum Gasteiger partial charge on any atom is 0.101 e. The zero-order valence-corrected chi connectivity index (χ0v) is 11.3. The van der Waals surface area contributed by atoms with Gasteiger partial charge in [0, 0.05) is 16.3 Å². The smallest absolute Gasteiger partial charge is 0.101 e. The number of hydrogen-bond donors (Lipinski definition) is 1. The summed E-state index contributed by atoms with van der Waals surface area (Å²) in [7, 11) is 0. The van der Waals surface area contributed by atoms with Crippen molar-refractivity contribution in [2.45, 2.75) is 4.90 Å². The van der Waals surface area contributed by atoms with Crippen molar-refractivity contribution in [1.82, 2.24) is 0 Å². The fourth-order valence-corrected chi connectivity index (χ4v) is 2.16. The van der Waals surface area contributed by atoms with Crippen molar-refractivity contribution in [3.8, 4) is 6.07 Å². The summed E-state index contributed by atoms with van der Waals surface area (Å²) in [6.07, 6.45) is 2.04. The Morgan fingerprint density at radius 2 is 1.78 bits per heavy atom. The summed E-state index contributed by atoms with van der Waals surface area (Å²) in [5, 5.41) is 12.5. The highest BCUT2D eigenvalue weighted by Crippen LogP contribution is 2.24. The molecule has 90 valence electrons. The first kappa shape index (κ1) is 12.8. The molecule has 0 aromatic heterocycles. The number of anilines is 2. The Kier molecular flexibility index (Phi) is 4.14. The van der Waals surface area contributed by atoms with Crippen molar-refractivity contribution in [3.63, 3.8) is 0 Å². The molecule has 2 aromatic rings. The monoisotopic (exact) mass is 274 g/mol. The largest absolute Gasteiger partial charge is 0.355 e. The Balaban J connectivity index is 2.18. The SMILES string of the molecule is CSc1ccc(Nc2ccc(C#N)c(Cl)c2)cc1. The van der Waals surface area contributed by atoms with Crippen LogP contribution in [0.3, 0.4) is 0 Å². The van der Waals surface area contributed by atoms with E-state index in [2.05, 4.69) is 17.4 Å². The van der Waals surface area contributed by atoms with Gasteiger partial charge in [0.2, 0.25) is 0 Å². The van der Waals surface area contributed by atoms with Crippen LogP contribution in [0.15, 0.2) is 47.4 Å². The second kappa shape index (κ2) is 5.81. The zero-order valence-electron chi connectivity index (χ0n) is 9.77. The Morgan fingerprint density at radius 3 is 2.33 bits per heavy atom. The van der Waals surface area contributed by atoms with Crippen LogP contribution in [0.4, 0.5) is 11.4 Å². The third-order valence-electron chi connectivity index (χ3n) is 2.47. The summed E-state index contributed by atoms with van der Waals surface area (Å²) in [5.74, 6) is 0. The second-order valence-electron chi connectivity index (χ2n) is 3.66. The highest BCUT2D eigenvalue weighted by atomic mass is 35.5. The molecular weight excluding hydrogens is 264 g/mol. The first-order chi connectivity index (χ1) is 8.72. The molecule has 0 aliphatic carbocycles. The number of hydrogen-bond acceptors (Lipinski definition) is 3. The normalized spacial score (nSPS) is 9.83. The number of nitrogens with zero attached hydrogens (tertiary/aromatic N) is 1. The van der Waals surface area contributed by atoms with Crippen LogP contribution in [0, 0.1) is 11.3 Å². The summed E-state index contributed by atoms with van der Waals surface area (Å²) in [6.45, 7) is 0. The van der Waals surface area contributed by atoms with Gasteiger partial charge >= 0.3 is 0 Å². The Morgan fingerprint density at radius 1 is 1.11 bits per heavy atom. The number of nitrogens with one attached hydrogen (secondary N) is 1. The number of rotatable bonds is 3. The number of halogens is 1. The van der Waals surface area contributed by atoms with Crippen LogP contribution in [0.25, 0.3) is 0 Å². The van der Waals surface area contributed by atoms with Crippen LogP contribution >= 0.6 is 23.4 Å². The summed E-state index contributed by atoms with van der Waals surface area (Å²) in [4.78, 5) is 1.22.